The van der Waals surface area contributed by atoms with Crippen molar-refractivity contribution in [1.82, 2.24) is 14.8 Å². The van der Waals surface area contributed by atoms with Crippen LogP contribution in [0.4, 0.5) is 0 Å². The van der Waals surface area contributed by atoms with Crippen LogP contribution < -0.4 is 4.74 Å². The average Bonchev–Trinajstić information content (AvgIpc) is 3.02. The molecule has 3 rings (SSSR count). The number of nitrogens with zero attached hydrogens (tertiary/aromatic N) is 3. The Labute approximate surface area is 174 Å². The van der Waals surface area contributed by atoms with E-state index in [2.05, 4.69) is 10.2 Å². The van der Waals surface area contributed by atoms with Crippen LogP contribution in [0.3, 0.4) is 0 Å². The molecule has 0 aliphatic rings. The first kappa shape index (κ1) is 20.4. The number of ether oxygens (including phenoxy) is 1. The Bertz CT molecular complexity index is 986. The topological polar surface area (TPSA) is 57.0 Å². The molecule has 0 aliphatic heterocycles. The maximum Gasteiger partial charge on any atom is 0.191 e. The largest absolute Gasteiger partial charge is 0.486 e. The van der Waals surface area contributed by atoms with Gasteiger partial charge in [0.1, 0.15) is 12.4 Å². The van der Waals surface area contributed by atoms with E-state index in [1.807, 2.05) is 50.6 Å². The van der Waals surface area contributed by atoms with Gasteiger partial charge in [0.25, 0.3) is 0 Å². The summed E-state index contributed by atoms with van der Waals surface area (Å²) in [5.74, 6) is 1.47. The van der Waals surface area contributed by atoms with E-state index in [1.165, 1.54) is 17.3 Å². The highest BCUT2D eigenvalue weighted by atomic mass is 35.5. The van der Waals surface area contributed by atoms with Gasteiger partial charge in [-0.15, -0.1) is 10.2 Å². The quantitative estimate of drug-likeness (QED) is 0.400. The Morgan fingerprint density at radius 3 is 2.54 bits per heavy atom. The summed E-state index contributed by atoms with van der Waals surface area (Å²) in [5.41, 5.74) is 3.01. The summed E-state index contributed by atoms with van der Waals surface area (Å²) < 4.78 is 7.58. The summed E-state index contributed by atoms with van der Waals surface area (Å²) in [6.07, 6.45) is 0. The summed E-state index contributed by atoms with van der Waals surface area (Å²) >= 11 is 7.27. The van der Waals surface area contributed by atoms with Crippen LogP contribution in [0, 0.1) is 13.8 Å². The van der Waals surface area contributed by atoms with Gasteiger partial charge in [0, 0.05) is 17.6 Å². The summed E-state index contributed by atoms with van der Waals surface area (Å²) in [7, 11) is 1.87. The minimum Gasteiger partial charge on any atom is -0.486 e. The van der Waals surface area contributed by atoms with Crippen LogP contribution in [0.2, 0.25) is 5.02 Å². The van der Waals surface area contributed by atoms with Crippen molar-refractivity contribution in [1.29, 1.82) is 0 Å². The molecule has 5 nitrogen and oxygen atoms in total. The van der Waals surface area contributed by atoms with E-state index >= 15 is 0 Å². The number of benzene rings is 2. The van der Waals surface area contributed by atoms with Crippen molar-refractivity contribution in [3.05, 3.63) is 70.0 Å². The predicted molar refractivity (Wildman–Crippen MR) is 112 cm³/mol. The summed E-state index contributed by atoms with van der Waals surface area (Å²) in [4.78, 5) is 12.8. The lowest BCUT2D eigenvalue weighted by atomic mass is 10.0. The molecular formula is C21H22ClN3O2S. The van der Waals surface area contributed by atoms with Crippen molar-refractivity contribution in [3.8, 4) is 5.75 Å². The van der Waals surface area contributed by atoms with Crippen molar-refractivity contribution in [2.75, 3.05) is 0 Å². The van der Waals surface area contributed by atoms with E-state index in [4.69, 9.17) is 16.3 Å². The number of thioether (sulfide) groups is 1. The molecule has 0 amide bonds. The van der Waals surface area contributed by atoms with E-state index in [1.54, 1.807) is 24.3 Å². The van der Waals surface area contributed by atoms with Crippen LogP contribution in [-0.4, -0.2) is 25.8 Å². The fourth-order valence-electron chi connectivity index (χ4n) is 2.59. The molecule has 0 saturated carbocycles. The second-order valence-electron chi connectivity index (χ2n) is 6.62. The van der Waals surface area contributed by atoms with E-state index < -0.39 is 0 Å². The molecule has 7 heteroatoms. The maximum atomic E-state index is 12.8. The normalized spacial score (nSPS) is 12.0. The molecule has 1 heterocycles. The van der Waals surface area contributed by atoms with Gasteiger partial charge in [-0.1, -0.05) is 35.5 Å². The Balaban J connectivity index is 1.65. The minimum absolute atomic E-state index is 0.0788. The second kappa shape index (κ2) is 8.80. The third kappa shape index (κ3) is 4.75. The zero-order chi connectivity index (χ0) is 20.3. The second-order valence-corrected chi connectivity index (χ2v) is 8.37. The van der Waals surface area contributed by atoms with Gasteiger partial charge in [-0.05, 0) is 62.2 Å². The average molecular weight is 416 g/mol. The lowest BCUT2D eigenvalue weighted by Crippen LogP contribution is -2.15. The van der Waals surface area contributed by atoms with E-state index in [-0.39, 0.29) is 17.6 Å². The molecule has 0 unspecified atom stereocenters. The fourth-order valence-corrected chi connectivity index (χ4v) is 3.63. The van der Waals surface area contributed by atoms with Crippen molar-refractivity contribution < 1.29 is 9.53 Å². The van der Waals surface area contributed by atoms with Gasteiger partial charge in [0.2, 0.25) is 0 Å². The van der Waals surface area contributed by atoms with Gasteiger partial charge in [-0.25, -0.2) is 0 Å². The zero-order valence-corrected chi connectivity index (χ0v) is 17.8. The molecule has 1 aromatic heterocycles. The molecular weight excluding hydrogens is 394 g/mol. The number of Topliss-reactive ketones (excluding diaryl/α,β-unsaturated/α-hetero) is 1. The Morgan fingerprint density at radius 2 is 1.86 bits per heavy atom. The van der Waals surface area contributed by atoms with Crippen LogP contribution in [0.1, 0.15) is 34.2 Å². The number of carbonyl (C=O) groups is 1. The van der Waals surface area contributed by atoms with Gasteiger partial charge in [-0.3, -0.25) is 4.79 Å². The highest BCUT2D eigenvalue weighted by molar-refractivity contribution is 8.00. The van der Waals surface area contributed by atoms with Crippen molar-refractivity contribution in [2.24, 2.45) is 7.05 Å². The first-order chi connectivity index (χ1) is 13.3. The smallest absolute Gasteiger partial charge is 0.191 e. The van der Waals surface area contributed by atoms with Gasteiger partial charge < -0.3 is 9.30 Å². The lowest BCUT2D eigenvalue weighted by molar-refractivity contribution is 0.0993. The highest BCUT2D eigenvalue weighted by Crippen LogP contribution is 2.25. The van der Waals surface area contributed by atoms with Gasteiger partial charge in [0.15, 0.2) is 16.8 Å². The fraction of sp³-hybridized carbons (Fsp3) is 0.286. The van der Waals surface area contributed by atoms with Gasteiger partial charge in [-0.2, -0.15) is 0 Å². The Morgan fingerprint density at radius 1 is 1.14 bits per heavy atom. The number of hydrogen-bond donors (Lipinski definition) is 0. The van der Waals surface area contributed by atoms with Crippen LogP contribution in [0.15, 0.2) is 47.6 Å². The molecule has 0 N–H and O–H groups in total. The molecule has 0 saturated heterocycles. The lowest BCUT2D eigenvalue weighted by Gasteiger charge is -2.11. The molecule has 0 radical (unpaired) electrons. The Kier molecular flexibility index (Phi) is 6.42. The molecule has 28 heavy (non-hydrogen) atoms. The third-order valence-electron chi connectivity index (χ3n) is 4.55. The van der Waals surface area contributed by atoms with Crippen molar-refractivity contribution in [3.63, 3.8) is 0 Å². The standard InChI is InChI=1S/C21H22ClN3O2S/c1-13-5-6-16(11-14(13)2)20(26)15(3)28-21-24-23-19(25(21)4)12-27-18-9-7-17(22)8-10-18/h5-11,15H,12H2,1-4H3/t15-/m0/s1. The van der Waals surface area contributed by atoms with Crippen molar-refractivity contribution in [2.45, 2.75) is 37.8 Å². The first-order valence-electron chi connectivity index (χ1n) is 8.90. The number of aryl methyl sites for hydroxylation is 2. The predicted octanol–water partition coefficient (Wildman–Crippen LogP) is 5.03. The number of hydrogen-bond acceptors (Lipinski definition) is 5. The number of ketones is 1. The maximum absolute atomic E-state index is 12.8. The highest BCUT2D eigenvalue weighted by Gasteiger charge is 2.20. The van der Waals surface area contributed by atoms with Crippen LogP contribution in [0.5, 0.6) is 5.75 Å². The van der Waals surface area contributed by atoms with Crippen LogP contribution >= 0.6 is 23.4 Å². The molecule has 0 spiro atoms. The summed E-state index contributed by atoms with van der Waals surface area (Å²) in [5, 5.41) is 9.47. The first-order valence-corrected chi connectivity index (χ1v) is 10.2. The van der Waals surface area contributed by atoms with Crippen LogP contribution in [0.25, 0.3) is 0 Å². The van der Waals surface area contributed by atoms with E-state index in [9.17, 15) is 4.79 Å². The monoisotopic (exact) mass is 415 g/mol. The summed E-state index contributed by atoms with van der Waals surface area (Å²) in [6.45, 7) is 6.22. The number of aromatic nitrogens is 3. The molecule has 0 bridgehead atoms. The number of rotatable bonds is 7. The molecule has 146 valence electrons. The third-order valence-corrected chi connectivity index (χ3v) is 5.94. The number of halogens is 1. The summed E-state index contributed by atoms with van der Waals surface area (Å²) in [6, 6.07) is 13.0. The molecule has 1 atom stereocenters. The molecule has 0 fully saturated rings. The minimum atomic E-state index is -0.268. The van der Waals surface area contributed by atoms with Crippen LogP contribution in [-0.2, 0) is 13.7 Å². The molecule has 3 aromatic rings. The van der Waals surface area contributed by atoms with Gasteiger partial charge in [0.05, 0.1) is 5.25 Å². The number of carbonyl (C=O) groups excluding carboxylic acids is 1. The Hall–Kier alpha value is -2.31. The van der Waals surface area contributed by atoms with E-state index in [0.717, 1.165) is 11.1 Å². The SMILES string of the molecule is Cc1ccc(C(=O)[C@H](C)Sc2nnc(COc3ccc(Cl)cc3)n2C)cc1C. The molecule has 0 aliphatic carbocycles. The van der Waals surface area contributed by atoms with Gasteiger partial charge >= 0.3 is 0 Å². The van der Waals surface area contributed by atoms with Crippen molar-refractivity contribution >= 4 is 29.1 Å². The molecule has 2 aromatic carbocycles. The zero-order valence-electron chi connectivity index (χ0n) is 16.3. The van der Waals surface area contributed by atoms with E-state index in [0.29, 0.717) is 21.8 Å².